The fraction of sp³-hybridized carbons (Fsp3) is 0.400. The maximum atomic E-state index is 3.91. The fourth-order valence-corrected chi connectivity index (χ4v) is 0.889. The zero-order chi connectivity index (χ0) is 5.82. The standard InChI is InChI=1S/C5H8N2S/c1-8-7-4-2-6-3-5-7/h2-4H,5H2,1H3. The van der Waals surface area contributed by atoms with Gasteiger partial charge in [0.05, 0.1) is 6.54 Å². The van der Waals surface area contributed by atoms with E-state index in [9.17, 15) is 0 Å². The summed E-state index contributed by atoms with van der Waals surface area (Å²) < 4.78 is 2.10. The van der Waals surface area contributed by atoms with Crippen LogP contribution in [0.4, 0.5) is 0 Å². The minimum absolute atomic E-state index is 0.928. The third-order valence-electron chi connectivity index (χ3n) is 0.921. The zero-order valence-corrected chi connectivity index (χ0v) is 5.56. The molecule has 0 aromatic rings. The van der Waals surface area contributed by atoms with Crippen LogP contribution < -0.4 is 0 Å². The van der Waals surface area contributed by atoms with E-state index in [4.69, 9.17) is 0 Å². The molecule has 3 heteroatoms. The molecule has 2 nitrogen and oxygen atoms in total. The molecule has 1 aliphatic rings. The SMILES string of the molecule is CSN1C=CN=CC1. The summed E-state index contributed by atoms with van der Waals surface area (Å²) in [4.78, 5) is 3.91. The van der Waals surface area contributed by atoms with Gasteiger partial charge in [0.1, 0.15) is 0 Å². The minimum Gasteiger partial charge on any atom is -0.317 e. The van der Waals surface area contributed by atoms with Crippen molar-refractivity contribution < 1.29 is 0 Å². The third-order valence-corrected chi connectivity index (χ3v) is 1.66. The molecule has 0 aromatic carbocycles. The zero-order valence-electron chi connectivity index (χ0n) is 4.74. The molecule has 0 N–H and O–H groups in total. The Balaban J connectivity index is 2.40. The van der Waals surface area contributed by atoms with E-state index in [2.05, 4.69) is 9.30 Å². The van der Waals surface area contributed by atoms with Gasteiger partial charge in [0.2, 0.25) is 0 Å². The van der Waals surface area contributed by atoms with Crippen LogP contribution in [-0.2, 0) is 0 Å². The number of rotatable bonds is 1. The first kappa shape index (κ1) is 5.69. The van der Waals surface area contributed by atoms with Crippen LogP contribution in [0.25, 0.3) is 0 Å². The summed E-state index contributed by atoms with van der Waals surface area (Å²) in [5.74, 6) is 0. The van der Waals surface area contributed by atoms with Crippen molar-refractivity contribution in [3.8, 4) is 0 Å². The van der Waals surface area contributed by atoms with Gasteiger partial charge in [0, 0.05) is 24.9 Å². The van der Waals surface area contributed by atoms with Gasteiger partial charge >= 0.3 is 0 Å². The first-order valence-corrected chi connectivity index (χ1v) is 3.60. The van der Waals surface area contributed by atoms with Crippen molar-refractivity contribution in [3.05, 3.63) is 12.4 Å². The Morgan fingerprint density at radius 2 is 2.62 bits per heavy atom. The molecule has 0 bridgehead atoms. The summed E-state index contributed by atoms with van der Waals surface area (Å²) in [5, 5.41) is 0. The molecule has 0 atom stereocenters. The lowest BCUT2D eigenvalue weighted by Gasteiger charge is -2.14. The van der Waals surface area contributed by atoms with Gasteiger partial charge in [0.15, 0.2) is 0 Å². The fourth-order valence-electron chi connectivity index (χ4n) is 0.498. The molecule has 0 fully saturated rings. The van der Waals surface area contributed by atoms with Crippen LogP contribution in [0.2, 0.25) is 0 Å². The average molecular weight is 128 g/mol. The van der Waals surface area contributed by atoms with Crippen molar-refractivity contribution in [2.75, 3.05) is 12.8 Å². The van der Waals surface area contributed by atoms with E-state index >= 15 is 0 Å². The molecular weight excluding hydrogens is 120 g/mol. The molecule has 0 saturated carbocycles. The highest BCUT2D eigenvalue weighted by atomic mass is 32.2. The maximum absolute atomic E-state index is 3.91. The van der Waals surface area contributed by atoms with Crippen molar-refractivity contribution in [1.29, 1.82) is 0 Å². The molecule has 8 heavy (non-hydrogen) atoms. The summed E-state index contributed by atoms with van der Waals surface area (Å²) in [6.45, 7) is 0.928. The molecule has 1 aliphatic heterocycles. The van der Waals surface area contributed by atoms with Crippen LogP contribution in [0.1, 0.15) is 0 Å². The third kappa shape index (κ3) is 1.26. The largest absolute Gasteiger partial charge is 0.317 e. The molecule has 1 heterocycles. The lowest BCUT2D eigenvalue weighted by molar-refractivity contribution is 0.717. The van der Waals surface area contributed by atoms with Gasteiger partial charge in [-0.25, -0.2) is 0 Å². The quantitative estimate of drug-likeness (QED) is 0.492. The summed E-state index contributed by atoms with van der Waals surface area (Å²) in [5.41, 5.74) is 0. The van der Waals surface area contributed by atoms with Gasteiger partial charge in [-0.1, -0.05) is 11.9 Å². The second-order valence-electron chi connectivity index (χ2n) is 1.41. The summed E-state index contributed by atoms with van der Waals surface area (Å²) in [6.07, 6.45) is 7.69. The monoisotopic (exact) mass is 128 g/mol. The van der Waals surface area contributed by atoms with Gasteiger partial charge in [0.25, 0.3) is 0 Å². The molecule has 1 rings (SSSR count). The highest BCUT2D eigenvalue weighted by molar-refractivity contribution is 7.96. The number of hydrogen-bond donors (Lipinski definition) is 0. The molecule has 0 aromatic heterocycles. The van der Waals surface area contributed by atoms with Crippen molar-refractivity contribution in [2.45, 2.75) is 0 Å². The molecule has 0 unspecified atom stereocenters. The number of nitrogens with zero attached hydrogens (tertiary/aromatic N) is 2. The molecule has 0 spiro atoms. The van der Waals surface area contributed by atoms with Crippen molar-refractivity contribution in [1.82, 2.24) is 4.31 Å². The normalized spacial score (nSPS) is 17.4. The lowest BCUT2D eigenvalue weighted by atomic mass is 10.6. The van der Waals surface area contributed by atoms with Crippen molar-refractivity contribution in [3.63, 3.8) is 0 Å². The van der Waals surface area contributed by atoms with Crippen molar-refractivity contribution >= 4 is 18.2 Å². The van der Waals surface area contributed by atoms with Gasteiger partial charge in [-0.15, -0.1) is 0 Å². The highest BCUT2D eigenvalue weighted by Gasteiger charge is 1.94. The van der Waals surface area contributed by atoms with Crippen LogP contribution in [0.5, 0.6) is 0 Å². The molecule has 0 aliphatic carbocycles. The van der Waals surface area contributed by atoms with Gasteiger partial charge in [-0.2, -0.15) is 0 Å². The van der Waals surface area contributed by atoms with Crippen LogP contribution >= 0.6 is 11.9 Å². The topological polar surface area (TPSA) is 15.6 Å². The minimum atomic E-state index is 0.928. The first-order chi connectivity index (χ1) is 3.93. The summed E-state index contributed by atoms with van der Waals surface area (Å²) in [6, 6.07) is 0. The Labute approximate surface area is 53.4 Å². The number of aliphatic imine (C=N–C) groups is 1. The van der Waals surface area contributed by atoms with Crippen LogP contribution in [0.15, 0.2) is 17.4 Å². The molecule has 44 valence electrons. The maximum Gasteiger partial charge on any atom is 0.0642 e. The Hall–Kier alpha value is -0.440. The predicted molar refractivity (Wildman–Crippen MR) is 37.9 cm³/mol. The van der Waals surface area contributed by atoms with E-state index < -0.39 is 0 Å². The van der Waals surface area contributed by atoms with E-state index in [0.717, 1.165) is 6.54 Å². The Bertz CT molecular complexity index is 120. The number of hydrogen-bond acceptors (Lipinski definition) is 3. The van der Waals surface area contributed by atoms with E-state index in [1.807, 2.05) is 18.7 Å². The predicted octanol–water partition coefficient (Wildman–Crippen LogP) is 1.12. The van der Waals surface area contributed by atoms with E-state index in [1.165, 1.54) is 0 Å². The highest BCUT2D eigenvalue weighted by Crippen LogP contribution is 2.05. The Morgan fingerprint density at radius 3 is 3.00 bits per heavy atom. The average Bonchev–Trinajstić information content (AvgIpc) is 1.90. The van der Waals surface area contributed by atoms with Crippen LogP contribution in [0, 0.1) is 0 Å². The molecule has 0 amide bonds. The van der Waals surface area contributed by atoms with Crippen LogP contribution in [-0.4, -0.2) is 23.3 Å². The lowest BCUT2D eigenvalue weighted by Crippen LogP contribution is -2.11. The molecule has 0 radical (unpaired) electrons. The van der Waals surface area contributed by atoms with E-state index in [1.54, 1.807) is 18.1 Å². The van der Waals surface area contributed by atoms with E-state index in [0.29, 0.717) is 0 Å². The van der Waals surface area contributed by atoms with Crippen LogP contribution in [0.3, 0.4) is 0 Å². The Kier molecular flexibility index (Phi) is 1.97. The second-order valence-corrected chi connectivity index (χ2v) is 2.25. The van der Waals surface area contributed by atoms with Gasteiger partial charge in [-0.3, -0.25) is 4.99 Å². The summed E-state index contributed by atoms with van der Waals surface area (Å²) >= 11 is 1.70. The second kappa shape index (κ2) is 2.77. The molecular formula is C5H8N2S. The Morgan fingerprint density at radius 1 is 1.75 bits per heavy atom. The van der Waals surface area contributed by atoms with Gasteiger partial charge < -0.3 is 4.31 Å². The smallest absolute Gasteiger partial charge is 0.0642 e. The van der Waals surface area contributed by atoms with Gasteiger partial charge in [-0.05, 0) is 0 Å². The van der Waals surface area contributed by atoms with Crippen molar-refractivity contribution in [2.24, 2.45) is 4.99 Å². The first-order valence-electron chi connectivity index (χ1n) is 2.42. The van der Waals surface area contributed by atoms with E-state index in [-0.39, 0.29) is 0 Å². The summed E-state index contributed by atoms with van der Waals surface area (Å²) in [7, 11) is 0. The molecule has 0 saturated heterocycles.